The molecule has 0 amide bonds. The van der Waals surface area contributed by atoms with Crippen LogP contribution in [0.25, 0.3) is 0 Å². The summed E-state index contributed by atoms with van der Waals surface area (Å²) in [6.45, 7) is -0.871. The molecule has 0 radical (unpaired) electrons. The van der Waals surface area contributed by atoms with Crippen LogP contribution in [0.4, 0.5) is 0 Å². The Morgan fingerprint density at radius 2 is 2.11 bits per heavy atom. The van der Waals surface area contributed by atoms with Crippen molar-refractivity contribution in [3.8, 4) is 0 Å². The first kappa shape index (κ1) is 2.87. The van der Waals surface area contributed by atoms with E-state index in [1.165, 1.54) is 6.92 Å². The highest BCUT2D eigenvalue weighted by atomic mass is 14.0. The van der Waals surface area contributed by atoms with Gasteiger partial charge >= 0.3 is 0 Å². The van der Waals surface area contributed by atoms with Gasteiger partial charge in [-0.15, -0.1) is 0 Å². The summed E-state index contributed by atoms with van der Waals surface area (Å²) >= 11 is 0. The van der Waals surface area contributed by atoms with Crippen LogP contribution in [-0.2, 0) is 0 Å². The normalized spacial score (nSPS) is 24.6. The Labute approximate surface area is 62.1 Å². The fourth-order valence-electron chi connectivity index (χ4n) is 0.688. The molecule has 0 fully saturated rings. The molecule has 1 aromatic carbocycles. The molecule has 0 nitrogen and oxygen atoms in total. The summed E-state index contributed by atoms with van der Waals surface area (Å²) in [6.07, 6.45) is 0. The fourth-order valence-corrected chi connectivity index (χ4v) is 0.688. The predicted octanol–water partition coefficient (Wildman–Crippen LogP) is 2.81. The second-order valence-electron chi connectivity index (χ2n) is 1.99. The molecule has 0 N–H and O–H groups in total. The van der Waals surface area contributed by atoms with Crippen LogP contribution >= 0.6 is 0 Å². The van der Waals surface area contributed by atoms with Crippen LogP contribution in [0, 0.1) is 0 Å². The van der Waals surface area contributed by atoms with E-state index >= 15 is 0 Å². The smallest absolute Gasteiger partial charge is 0.0347 e. The van der Waals surface area contributed by atoms with Gasteiger partial charge in [0.2, 0.25) is 0 Å². The van der Waals surface area contributed by atoms with Gasteiger partial charge in [0.15, 0.2) is 0 Å². The number of hydrogen-bond acceptors (Lipinski definition) is 0. The SMILES string of the molecule is [2H]C([2H])([2H])C([2H])(C)c1ccccc1. The Bertz CT molecular complexity index is 273. The Hall–Kier alpha value is -0.780. The molecular weight excluding hydrogens is 108 g/mol. The topological polar surface area (TPSA) is 0 Å². The molecule has 0 saturated carbocycles. The summed E-state index contributed by atoms with van der Waals surface area (Å²) in [5.74, 6) is -1.52. The first-order chi connectivity index (χ1) is 5.86. The van der Waals surface area contributed by atoms with Crippen molar-refractivity contribution in [3.63, 3.8) is 0 Å². The van der Waals surface area contributed by atoms with E-state index in [0.29, 0.717) is 5.56 Å². The van der Waals surface area contributed by atoms with Gasteiger partial charge in [-0.1, -0.05) is 44.1 Å². The minimum atomic E-state index is -2.28. The summed E-state index contributed by atoms with van der Waals surface area (Å²) in [5, 5.41) is 0. The average Bonchev–Trinajstić information content (AvgIpc) is 2.04. The monoisotopic (exact) mass is 124 g/mol. The third-order valence-corrected chi connectivity index (χ3v) is 1.21. The summed E-state index contributed by atoms with van der Waals surface area (Å²) in [5.41, 5.74) is 0.523. The third-order valence-electron chi connectivity index (χ3n) is 1.21. The van der Waals surface area contributed by atoms with E-state index in [4.69, 9.17) is 5.48 Å². The van der Waals surface area contributed by atoms with Crippen molar-refractivity contribution in [1.29, 1.82) is 0 Å². The zero-order valence-corrected chi connectivity index (χ0v) is 5.39. The van der Waals surface area contributed by atoms with E-state index in [1.807, 2.05) is 0 Å². The summed E-state index contributed by atoms with van der Waals surface area (Å²) in [4.78, 5) is 0. The Kier molecular flexibility index (Phi) is 0.853. The molecule has 9 heavy (non-hydrogen) atoms. The molecule has 0 heterocycles. The second-order valence-corrected chi connectivity index (χ2v) is 1.99. The molecule has 0 saturated heterocycles. The van der Waals surface area contributed by atoms with Gasteiger partial charge in [-0.2, -0.15) is 0 Å². The van der Waals surface area contributed by atoms with Gasteiger partial charge in [-0.05, 0) is 11.5 Å². The van der Waals surface area contributed by atoms with Crippen LogP contribution < -0.4 is 0 Å². The molecule has 0 aliphatic rings. The van der Waals surface area contributed by atoms with Crippen LogP contribution in [0.15, 0.2) is 30.3 Å². The third kappa shape index (κ3) is 1.56. The zero-order chi connectivity index (χ0) is 10.1. The maximum atomic E-state index is 7.76. The molecule has 1 aromatic rings. The lowest BCUT2D eigenvalue weighted by atomic mass is 10.0. The maximum Gasteiger partial charge on any atom is 0.0347 e. The molecule has 0 spiro atoms. The molecule has 0 heteroatoms. The lowest BCUT2D eigenvalue weighted by Gasteiger charge is -2.01. The number of rotatable bonds is 1. The van der Waals surface area contributed by atoms with Crippen LogP contribution in [0.2, 0.25) is 0 Å². The highest BCUT2D eigenvalue weighted by Gasteiger charge is 1.93. The molecule has 0 bridgehead atoms. The Balaban J connectivity index is 3.08. The lowest BCUT2D eigenvalue weighted by Crippen LogP contribution is -1.83. The molecule has 1 unspecified atom stereocenters. The molecular formula is C9H12. The van der Waals surface area contributed by atoms with Gasteiger partial charge in [0.1, 0.15) is 0 Å². The fraction of sp³-hybridized carbons (Fsp3) is 0.333. The van der Waals surface area contributed by atoms with Crippen molar-refractivity contribution in [2.75, 3.05) is 0 Å². The predicted molar refractivity (Wildman–Crippen MR) is 40.5 cm³/mol. The van der Waals surface area contributed by atoms with Crippen LogP contribution in [0.5, 0.6) is 0 Å². The summed E-state index contributed by atoms with van der Waals surface area (Å²) in [6, 6.07) is 8.62. The molecule has 0 aliphatic carbocycles. The van der Waals surface area contributed by atoms with E-state index in [-0.39, 0.29) is 0 Å². The number of hydrogen-bond donors (Lipinski definition) is 0. The van der Waals surface area contributed by atoms with Gasteiger partial charge < -0.3 is 0 Å². The molecule has 0 aromatic heterocycles. The minimum Gasteiger partial charge on any atom is -0.0622 e. The molecule has 48 valence electrons. The van der Waals surface area contributed by atoms with E-state index in [0.717, 1.165) is 0 Å². The average molecular weight is 124 g/mol. The van der Waals surface area contributed by atoms with E-state index in [9.17, 15) is 0 Å². The van der Waals surface area contributed by atoms with Crippen molar-refractivity contribution in [2.45, 2.75) is 19.7 Å². The van der Waals surface area contributed by atoms with Gasteiger partial charge in [0.25, 0.3) is 0 Å². The van der Waals surface area contributed by atoms with Crippen molar-refractivity contribution >= 4 is 0 Å². The first-order valence-corrected chi connectivity index (χ1v) is 2.91. The zero-order valence-electron chi connectivity index (χ0n) is 9.39. The van der Waals surface area contributed by atoms with Gasteiger partial charge in [0.05, 0.1) is 0 Å². The van der Waals surface area contributed by atoms with E-state index in [2.05, 4.69) is 0 Å². The maximum absolute atomic E-state index is 7.76. The van der Waals surface area contributed by atoms with E-state index < -0.39 is 12.7 Å². The Morgan fingerprint density at radius 3 is 2.67 bits per heavy atom. The van der Waals surface area contributed by atoms with Crippen LogP contribution in [-0.4, -0.2) is 0 Å². The summed E-state index contributed by atoms with van der Waals surface area (Å²) in [7, 11) is 0. The standard InChI is InChI=1S/C9H12/c1-8(2)9-6-4-3-5-7-9/h3-8H,1-2H3/i1D3,8D. The second kappa shape index (κ2) is 2.67. The highest BCUT2D eigenvalue weighted by Crippen LogP contribution is 2.11. The van der Waals surface area contributed by atoms with Crippen LogP contribution in [0.3, 0.4) is 0 Å². The summed E-state index contributed by atoms with van der Waals surface area (Å²) < 4.78 is 29.4. The Morgan fingerprint density at radius 1 is 1.44 bits per heavy atom. The van der Waals surface area contributed by atoms with Crippen LogP contribution in [0.1, 0.15) is 30.7 Å². The van der Waals surface area contributed by atoms with Gasteiger partial charge in [-0.3, -0.25) is 0 Å². The highest BCUT2D eigenvalue weighted by molar-refractivity contribution is 5.17. The van der Waals surface area contributed by atoms with Crippen molar-refractivity contribution < 1.29 is 5.48 Å². The van der Waals surface area contributed by atoms with Gasteiger partial charge in [-0.25, -0.2) is 0 Å². The van der Waals surface area contributed by atoms with Crippen molar-refractivity contribution in [1.82, 2.24) is 0 Å². The van der Waals surface area contributed by atoms with Crippen molar-refractivity contribution in [3.05, 3.63) is 35.9 Å². The van der Waals surface area contributed by atoms with Crippen molar-refractivity contribution in [2.24, 2.45) is 0 Å². The van der Waals surface area contributed by atoms with E-state index in [1.54, 1.807) is 30.3 Å². The molecule has 1 rings (SSSR count). The minimum absolute atomic E-state index is 0.523. The first-order valence-electron chi connectivity index (χ1n) is 4.91. The van der Waals surface area contributed by atoms with Gasteiger partial charge in [0, 0.05) is 5.48 Å². The lowest BCUT2D eigenvalue weighted by molar-refractivity contribution is 0.867. The molecule has 0 aliphatic heterocycles. The molecule has 1 atom stereocenters. The largest absolute Gasteiger partial charge is 0.0622 e. The number of benzene rings is 1. The quantitative estimate of drug-likeness (QED) is 0.540.